The van der Waals surface area contributed by atoms with Gasteiger partial charge in [0.25, 0.3) is 0 Å². The second-order valence-corrected chi connectivity index (χ2v) is 3.41. The summed E-state index contributed by atoms with van der Waals surface area (Å²) in [5.41, 5.74) is 0.753. The minimum atomic E-state index is -0.939. The topological polar surface area (TPSA) is 75.6 Å². The quantitative estimate of drug-likeness (QED) is 0.368. The maximum absolute atomic E-state index is 10.9. The Morgan fingerprint density at radius 1 is 1.44 bits per heavy atom. The zero-order valence-corrected chi connectivity index (χ0v) is 9.78. The number of carbonyl (C=O) groups is 2. The molecule has 0 unspecified atom stereocenters. The third kappa shape index (κ3) is 9.21. The van der Waals surface area contributed by atoms with Crippen molar-refractivity contribution in [1.29, 1.82) is 0 Å². The number of nitrogens with one attached hydrogen (secondary N) is 1. The lowest BCUT2D eigenvalue weighted by atomic mass is 10.2. The molecule has 2 N–H and O–H groups in total. The summed E-state index contributed by atoms with van der Waals surface area (Å²) in [5, 5.41) is 11.5. The SMILES string of the molecule is CCOC(=O)CCCNCC(C)=CC(=O)O. The molecule has 16 heavy (non-hydrogen) atoms. The van der Waals surface area contributed by atoms with Crippen molar-refractivity contribution in [3.05, 3.63) is 11.6 Å². The number of carboxylic acids is 1. The molecule has 0 amide bonds. The fourth-order valence-corrected chi connectivity index (χ4v) is 1.14. The Bertz CT molecular complexity index is 261. The highest BCUT2D eigenvalue weighted by Crippen LogP contribution is 1.93. The van der Waals surface area contributed by atoms with Gasteiger partial charge in [0.05, 0.1) is 6.61 Å². The highest BCUT2D eigenvalue weighted by molar-refractivity contribution is 5.80. The summed E-state index contributed by atoms with van der Waals surface area (Å²) in [7, 11) is 0. The molecule has 0 aromatic carbocycles. The second-order valence-electron chi connectivity index (χ2n) is 3.41. The van der Waals surface area contributed by atoms with E-state index in [2.05, 4.69) is 5.32 Å². The van der Waals surface area contributed by atoms with Gasteiger partial charge in [-0.15, -0.1) is 0 Å². The van der Waals surface area contributed by atoms with E-state index in [9.17, 15) is 9.59 Å². The molecule has 0 saturated heterocycles. The average Bonchev–Trinajstić information content (AvgIpc) is 2.16. The first-order valence-electron chi connectivity index (χ1n) is 5.32. The van der Waals surface area contributed by atoms with Crippen molar-refractivity contribution in [3.63, 3.8) is 0 Å². The smallest absolute Gasteiger partial charge is 0.328 e. The maximum Gasteiger partial charge on any atom is 0.328 e. The summed E-state index contributed by atoms with van der Waals surface area (Å²) in [6, 6.07) is 0. The van der Waals surface area contributed by atoms with E-state index < -0.39 is 5.97 Å². The van der Waals surface area contributed by atoms with E-state index in [1.54, 1.807) is 13.8 Å². The van der Waals surface area contributed by atoms with Gasteiger partial charge in [0.1, 0.15) is 0 Å². The van der Waals surface area contributed by atoms with Crippen molar-refractivity contribution >= 4 is 11.9 Å². The van der Waals surface area contributed by atoms with Gasteiger partial charge < -0.3 is 15.2 Å². The molecule has 0 radical (unpaired) electrons. The molecule has 0 aliphatic carbocycles. The number of rotatable bonds is 8. The highest BCUT2D eigenvalue weighted by Gasteiger charge is 2.00. The van der Waals surface area contributed by atoms with Crippen LogP contribution in [-0.4, -0.2) is 36.7 Å². The minimum absolute atomic E-state index is 0.192. The van der Waals surface area contributed by atoms with Crippen LogP contribution in [0.15, 0.2) is 11.6 Å². The van der Waals surface area contributed by atoms with Crippen LogP contribution < -0.4 is 5.32 Å². The van der Waals surface area contributed by atoms with Gasteiger partial charge in [0.2, 0.25) is 0 Å². The van der Waals surface area contributed by atoms with Crippen LogP contribution in [0.1, 0.15) is 26.7 Å². The van der Waals surface area contributed by atoms with Gasteiger partial charge in [-0.05, 0) is 26.8 Å². The number of esters is 1. The molecule has 0 aromatic heterocycles. The lowest BCUT2D eigenvalue weighted by Gasteiger charge is -2.04. The summed E-state index contributed by atoms with van der Waals surface area (Å²) >= 11 is 0. The van der Waals surface area contributed by atoms with Crippen LogP contribution >= 0.6 is 0 Å². The Kier molecular flexibility index (Phi) is 8.15. The first-order valence-corrected chi connectivity index (χ1v) is 5.32. The zero-order chi connectivity index (χ0) is 12.4. The normalized spacial score (nSPS) is 11.2. The number of hydrogen-bond donors (Lipinski definition) is 2. The monoisotopic (exact) mass is 229 g/mol. The van der Waals surface area contributed by atoms with Crippen LogP contribution in [0.3, 0.4) is 0 Å². The maximum atomic E-state index is 10.9. The molecular formula is C11H19NO4. The third-order valence-corrected chi connectivity index (χ3v) is 1.81. The molecule has 0 heterocycles. The molecule has 0 bridgehead atoms. The molecule has 0 spiro atoms. The number of ether oxygens (including phenoxy) is 1. The van der Waals surface area contributed by atoms with Crippen LogP contribution in [0.2, 0.25) is 0 Å². The molecule has 0 rings (SSSR count). The minimum Gasteiger partial charge on any atom is -0.478 e. The molecule has 0 aromatic rings. The summed E-state index contributed by atoms with van der Waals surface area (Å²) in [6.45, 7) is 5.12. The van der Waals surface area contributed by atoms with Gasteiger partial charge >= 0.3 is 11.9 Å². The zero-order valence-electron chi connectivity index (χ0n) is 9.78. The number of hydrogen-bond acceptors (Lipinski definition) is 4. The standard InChI is InChI=1S/C11H19NO4/c1-3-16-11(15)5-4-6-12-8-9(2)7-10(13)14/h7,12H,3-6,8H2,1-2H3,(H,13,14). The van der Waals surface area contributed by atoms with Crippen molar-refractivity contribution in [2.24, 2.45) is 0 Å². The molecule has 0 aliphatic heterocycles. The van der Waals surface area contributed by atoms with Gasteiger partial charge in [-0.3, -0.25) is 4.79 Å². The summed E-state index contributed by atoms with van der Waals surface area (Å²) in [4.78, 5) is 21.2. The van der Waals surface area contributed by atoms with Crippen LogP contribution in [0.25, 0.3) is 0 Å². The molecule has 5 nitrogen and oxygen atoms in total. The first-order chi connectivity index (χ1) is 7.56. The Balaban J connectivity index is 3.47. The molecule has 5 heteroatoms. The van der Waals surface area contributed by atoms with Crippen LogP contribution in [0, 0.1) is 0 Å². The number of carbonyl (C=O) groups excluding carboxylic acids is 1. The first kappa shape index (κ1) is 14.6. The van der Waals surface area contributed by atoms with E-state index in [0.717, 1.165) is 5.57 Å². The molecule has 0 atom stereocenters. The number of aliphatic carboxylic acids is 1. The molecule has 0 aliphatic rings. The number of carboxylic acid groups (broad SMARTS) is 1. The molecule has 0 saturated carbocycles. The van der Waals surface area contributed by atoms with Crippen LogP contribution in [0.5, 0.6) is 0 Å². The fraction of sp³-hybridized carbons (Fsp3) is 0.636. The van der Waals surface area contributed by atoms with E-state index in [4.69, 9.17) is 9.84 Å². The van der Waals surface area contributed by atoms with Gasteiger partial charge in [0.15, 0.2) is 0 Å². The van der Waals surface area contributed by atoms with Gasteiger partial charge in [-0.2, -0.15) is 0 Å². The van der Waals surface area contributed by atoms with Gasteiger partial charge in [-0.1, -0.05) is 5.57 Å². The summed E-state index contributed by atoms with van der Waals surface area (Å²) in [6.07, 6.45) is 2.25. The van der Waals surface area contributed by atoms with E-state index in [0.29, 0.717) is 32.5 Å². The van der Waals surface area contributed by atoms with Crippen LogP contribution in [0.4, 0.5) is 0 Å². The van der Waals surface area contributed by atoms with Crippen molar-refractivity contribution in [1.82, 2.24) is 5.32 Å². The lowest BCUT2D eigenvalue weighted by molar-refractivity contribution is -0.143. The predicted molar refractivity (Wildman–Crippen MR) is 60.1 cm³/mol. The second kappa shape index (κ2) is 8.91. The van der Waals surface area contributed by atoms with Gasteiger partial charge in [0, 0.05) is 19.0 Å². The van der Waals surface area contributed by atoms with Crippen molar-refractivity contribution in [3.8, 4) is 0 Å². The highest BCUT2D eigenvalue weighted by atomic mass is 16.5. The summed E-state index contributed by atoms with van der Waals surface area (Å²) < 4.78 is 4.77. The van der Waals surface area contributed by atoms with E-state index in [-0.39, 0.29) is 5.97 Å². The summed E-state index contributed by atoms with van der Waals surface area (Å²) in [5.74, 6) is -1.13. The van der Waals surface area contributed by atoms with E-state index in [1.165, 1.54) is 6.08 Å². The van der Waals surface area contributed by atoms with Crippen molar-refractivity contribution in [2.45, 2.75) is 26.7 Å². The fourth-order valence-electron chi connectivity index (χ4n) is 1.14. The Morgan fingerprint density at radius 2 is 2.12 bits per heavy atom. The third-order valence-electron chi connectivity index (χ3n) is 1.81. The largest absolute Gasteiger partial charge is 0.478 e. The van der Waals surface area contributed by atoms with Crippen molar-refractivity contribution < 1.29 is 19.4 Å². The average molecular weight is 229 g/mol. The molecule has 92 valence electrons. The van der Waals surface area contributed by atoms with E-state index >= 15 is 0 Å². The van der Waals surface area contributed by atoms with E-state index in [1.807, 2.05) is 0 Å². The predicted octanol–water partition coefficient (Wildman–Crippen LogP) is 0.950. The van der Waals surface area contributed by atoms with Crippen molar-refractivity contribution in [2.75, 3.05) is 19.7 Å². The van der Waals surface area contributed by atoms with Gasteiger partial charge in [-0.25, -0.2) is 4.79 Å². The Morgan fingerprint density at radius 3 is 2.69 bits per heavy atom. The molecule has 0 fully saturated rings. The Hall–Kier alpha value is -1.36. The van der Waals surface area contributed by atoms with Crippen LogP contribution in [-0.2, 0) is 14.3 Å². The Labute approximate surface area is 95.5 Å². The molecular weight excluding hydrogens is 210 g/mol. The lowest BCUT2D eigenvalue weighted by Crippen LogP contribution is -2.19.